The third kappa shape index (κ3) is 7.74. The van der Waals surface area contributed by atoms with Crippen LogP contribution in [0.25, 0.3) is 0 Å². The highest BCUT2D eigenvalue weighted by molar-refractivity contribution is 7.92. The summed E-state index contributed by atoms with van der Waals surface area (Å²) in [5, 5.41) is 3.91. The molecule has 2 amide bonds. The van der Waals surface area contributed by atoms with E-state index in [9.17, 15) is 18.0 Å². The molecule has 0 aliphatic rings. The molecule has 0 fully saturated rings. The minimum absolute atomic E-state index is 0.0247. The van der Waals surface area contributed by atoms with Crippen molar-refractivity contribution < 1.29 is 18.0 Å². The van der Waals surface area contributed by atoms with Gasteiger partial charge in [-0.25, -0.2) is 8.42 Å². The molecule has 11 heteroatoms. The molecule has 0 aliphatic heterocycles. The van der Waals surface area contributed by atoms with Crippen LogP contribution in [0.15, 0.2) is 36.4 Å². The average molecular weight is 563 g/mol. The van der Waals surface area contributed by atoms with Gasteiger partial charge in [-0.2, -0.15) is 0 Å². The number of carbonyl (C=O) groups is 2. The highest BCUT2D eigenvalue weighted by atomic mass is 35.5. The van der Waals surface area contributed by atoms with Crippen molar-refractivity contribution in [1.82, 2.24) is 10.2 Å². The lowest BCUT2D eigenvalue weighted by Crippen LogP contribution is -2.52. The smallest absolute Gasteiger partial charge is 0.244 e. The van der Waals surface area contributed by atoms with Gasteiger partial charge in [0, 0.05) is 17.6 Å². The lowest BCUT2D eigenvalue weighted by molar-refractivity contribution is -0.139. The molecule has 2 rings (SSSR count). The summed E-state index contributed by atoms with van der Waals surface area (Å²) >= 11 is 18.4. The summed E-state index contributed by atoms with van der Waals surface area (Å²) in [5.41, 5.74) is 1.45. The van der Waals surface area contributed by atoms with Crippen LogP contribution in [0.5, 0.6) is 0 Å². The minimum atomic E-state index is -3.85. The van der Waals surface area contributed by atoms with Crippen LogP contribution in [0.2, 0.25) is 15.1 Å². The SMILES string of the molecule is CC[C@H](C)NC(=O)[C@@H](C)N(Cc1ccc(Cl)c(Cl)c1)C(=O)CN(c1cccc(Cl)c1C)S(C)(=O)=O. The van der Waals surface area contributed by atoms with Crippen molar-refractivity contribution in [2.75, 3.05) is 17.1 Å². The van der Waals surface area contributed by atoms with Crippen molar-refractivity contribution in [3.05, 3.63) is 62.6 Å². The Morgan fingerprint density at radius 2 is 1.69 bits per heavy atom. The molecule has 35 heavy (non-hydrogen) atoms. The Bertz CT molecular complexity index is 1190. The van der Waals surface area contributed by atoms with Gasteiger partial charge in [-0.3, -0.25) is 13.9 Å². The number of nitrogens with zero attached hydrogens (tertiary/aromatic N) is 2. The van der Waals surface area contributed by atoms with Crippen molar-refractivity contribution in [3.8, 4) is 0 Å². The molecule has 2 aromatic rings. The van der Waals surface area contributed by atoms with E-state index in [-0.39, 0.29) is 18.5 Å². The average Bonchev–Trinajstić information content (AvgIpc) is 2.78. The Morgan fingerprint density at radius 3 is 2.26 bits per heavy atom. The number of anilines is 1. The maximum atomic E-state index is 13.6. The van der Waals surface area contributed by atoms with E-state index < -0.39 is 28.5 Å². The molecule has 0 spiro atoms. The second-order valence-electron chi connectivity index (χ2n) is 8.42. The topological polar surface area (TPSA) is 86.8 Å². The first-order chi connectivity index (χ1) is 16.3. The summed E-state index contributed by atoms with van der Waals surface area (Å²) in [5.74, 6) is -0.912. The van der Waals surface area contributed by atoms with Gasteiger partial charge in [-0.05, 0) is 62.6 Å². The number of nitrogens with one attached hydrogen (secondary N) is 1. The van der Waals surface area contributed by atoms with E-state index in [1.54, 1.807) is 50.2 Å². The maximum Gasteiger partial charge on any atom is 0.244 e. The fraction of sp³-hybridized carbons (Fsp3) is 0.417. The van der Waals surface area contributed by atoms with Gasteiger partial charge in [0.1, 0.15) is 12.6 Å². The molecule has 2 atom stereocenters. The predicted octanol–water partition coefficient (Wildman–Crippen LogP) is 5.05. The fourth-order valence-electron chi connectivity index (χ4n) is 3.34. The summed E-state index contributed by atoms with van der Waals surface area (Å²) in [6.45, 7) is 6.59. The van der Waals surface area contributed by atoms with Crippen LogP contribution in [0.4, 0.5) is 5.69 Å². The molecule has 1 N–H and O–H groups in total. The van der Waals surface area contributed by atoms with Gasteiger partial charge in [0.25, 0.3) is 0 Å². The number of amides is 2. The Morgan fingerprint density at radius 1 is 1.03 bits per heavy atom. The highest BCUT2D eigenvalue weighted by Gasteiger charge is 2.31. The summed E-state index contributed by atoms with van der Waals surface area (Å²) in [6, 6.07) is 8.77. The summed E-state index contributed by atoms with van der Waals surface area (Å²) in [6.07, 6.45) is 1.73. The molecule has 0 saturated heterocycles. The zero-order valence-electron chi connectivity index (χ0n) is 20.3. The molecular weight excluding hydrogens is 533 g/mol. The fourth-order valence-corrected chi connectivity index (χ4v) is 4.73. The number of halogens is 3. The molecule has 0 saturated carbocycles. The van der Waals surface area contributed by atoms with Crippen molar-refractivity contribution >= 4 is 62.3 Å². The van der Waals surface area contributed by atoms with Gasteiger partial charge in [0.2, 0.25) is 21.8 Å². The van der Waals surface area contributed by atoms with E-state index in [0.717, 1.165) is 17.0 Å². The van der Waals surface area contributed by atoms with Crippen molar-refractivity contribution in [2.24, 2.45) is 0 Å². The highest BCUT2D eigenvalue weighted by Crippen LogP contribution is 2.29. The molecule has 7 nitrogen and oxygen atoms in total. The molecule has 0 heterocycles. The van der Waals surface area contributed by atoms with Crippen LogP contribution in [0.3, 0.4) is 0 Å². The van der Waals surface area contributed by atoms with Gasteiger partial charge < -0.3 is 10.2 Å². The predicted molar refractivity (Wildman–Crippen MR) is 143 cm³/mol. The molecular formula is C24H30Cl3N3O4S. The number of hydrogen-bond donors (Lipinski definition) is 1. The summed E-state index contributed by atoms with van der Waals surface area (Å²) in [4.78, 5) is 27.8. The number of carbonyl (C=O) groups excluding carboxylic acids is 2. The van der Waals surface area contributed by atoms with Gasteiger partial charge >= 0.3 is 0 Å². The Balaban J connectivity index is 2.45. The second kappa shape index (κ2) is 12.3. The zero-order valence-corrected chi connectivity index (χ0v) is 23.4. The molecule has 0 radical (unpaired) electrons. The third-order valence-electron chi connectivity index (χ3n) is 5.69. The molecule has 0 aromatic heterocycles. The van der Waals surface area contributed by atoms with Crippen molar-refractivity contribution in [2.45, 2.75) is 52.7 Å². The van der Waals surface area contributed by atoms with E-state index in [4.69, 9.17) is 34.8 Å². The Labute approximate surface area is 222 Å². The largest absolute Gasteiger partial charge is 0.352 e. The molecule has 0 aliphatic carbocycles. The van der Waals surface area contributed by atoms with Crippen LogP contribution < -0.4 is 9.62 Å². The first-order valence-electron chi connectivity index (χ1n) is 11.0. The standard InChI is InChI=1S/C24H30Cl3N3O4S/c1-6-15(2)28-24(32)17(4)29(13-18-10-11-20(26)21(27)12-18)23(31)14-30(35(5,33)34)22-9-7-8-19(25)16(22)3/h7-12,15,17H,6,13-14H2,1-5H3,(H,28,32)/t15-,17+/m0/s1. The zero-order chi connectivity index (χ0) is 26.5. The first kappa shape index (κ1) is 29.2. The van der Waals surface area contributed by atoms with E-state index in [2.05, 4.69) is 5.32 Å². The van der Waals surface area contributed by atoms with E-state index in [1.807, 2.05) is 13.8 Å². The monoisotopic (exact) mass is 561 g/mol. The number of sulfonamides is 1. The molecule has 0 unspecified atom stereocenters. The van der Waals surface area contributed by atoms with E-state index in [0.29, 0.717) is 31.9 Å². The third-order valence-corrected chi connectivity index (χ3v) is 7.97. The van der Waals surface area contributed by atoms with Crippen LogP contribution in [-0.4, -0.2) is 50.0 Å². The number of benzene rings is 2. The summed E-state index contributed by atoms with van der Waals surface area (Å²) < 4.78 is 26.4. The van der Waals surface area contributed by atoms with Crippen LogP contribution in [0.1, 0.15) is 38.3 Å². The molecule has 0 bridgehead atoms. The summed E-state index contributed by atoms with van der Waals surface area (Å²) in [7, 11) is -3.85. The normalized spacial score (nSPS) is 13.1. The maximum absolute atomic E-state index is 13.6. The number of hydrogen-bond acceptors (Lipinski definition) is 4. The molecule has 192 valence electrons. The van der Waals surface area contributed by atoms with Crippen LogP contribution in [0, 0.1) is 6.92 Å². The Hall–Kier alpha value is -2.00. The Kier molecular flexibility index (Phi) is 10.3. The van der Waals surface area contributed by atoms with Crippen LogP contribution in [-0.2, 0) is 26.2 Å². The van der Waals surface area contributed by atoms with E-state index in [1.165, 1.54) is 4.90 Å². The van der Waals surface area contributed by atoms with Crippen LogP contribution >= 0.6 is 34.8 Å². The van der Waals surface area contributed by atoms with Crippen molar-refractivity contribution in [1.29, 1.82) is 0 Å². The number of rotatable bonds is 10. The lowest BCUT2D eigenvalue weighted by Gasteiger charge is -2.32. The minimum Gasteiger partial charge on any atom is -0.352 e. The van der Waals surface area contributed by atoms with Gasteiger partial charge in [-0.1, -0.05) is 53.9 Å². The van der Waals surface area contributed by atoms with Gasteiger partial charge in [0.15, 0.2) is 0 Å². The molecule has 2 aromatic carbocycles. The van der Waals surface area contributed by atoms with E-state index >= 15 is 0 Å². The first-order valence-corrected chi connectivity index (χ1v) is 14.0. The van der Waals surface area contributed by atoms with Gasteiger partial charge in [-0.15, -0.1) is 0 Å². The van der Waals surface area contributed by atoms with Crippen molar-refractivity contribution in [3.63, 3.8) is 0 Å². The second-order valence-corrected chi connectivity index (χ2v) is 11.5. The quantitative estimate of drug-likeness (QED) is 0.439. The lowest BCUT2D eigenvalue weighted by atomic mass is 10.1. The van der Waals surface area contributed by atoms with Gasteiger partial charge in [0.05, 0.1) is 22.0 Å².